The Morgan fingerprint density at radius 3 is 2.34 bits per heavy atom. The number of hydrogen-bond donors (Lipinski definition) is 2. The molecule has 0 atom stereocenters. The minimum atomic E-state index is -1.03. The van der Waals surface area contributed by atoms with Crippen molar-refractivity contribution in [2.24, 2.45) is 0 Å². The number of amides is 1. The molecule has 4 aromatic carbocycles. The fraction of sp³-hybridized carbons (Fsp3) is 0.0667. The highest BCUT2D eigenvalue weighted by atomic mass is 35.5. The van der Waals surface area contributed by atoms with E-state index in [2.05, 4.69) is 5.32 Å². The van der Waals surface area contributed by atoms with E-state index in [9.17, 15) is 18.4 Å². The van der Waals surface area contributed by atoms with Gasteiger partial charge in [-0.25, -0.2) is 13.6 Å². The Balaban J connectivity index is 1.53. The lowest BCUT2D eigenvalue weighted by atomic mass is 9.99. The zero-order valence-electron chi connectivity index (χ0n) is 19.9. The maximum Gasteiger partial charge on any atom is 0.335 e. The highest BCUT2D eigenvalue weighted by Gasteiger charge is 2.17. The van der Waals surface area contributed by atoms with E-state index in [-0.39, 0.29) is 18.0 Å². The molecule has 0 unspecified atom stereocenters. The Hall–Kier alpha value is -4.49. The number of nitrogens with zero attached hydrogens (tertiary/aromatic N) is 1. The van der Waals surface area contributed by atoms with Gasteiger partial charge in [0.1, 0.15) is 0 Å². The number of rotatable bonds is 7. The van der Waals surface area contributed by atoms with Gasteiger partial charge in [-0.2, -0.15) is 0 Å². The number of carbonyl (C=O) groups is 2. The molecule has 190 valence electrons. The van der Waals surface area contributed by atoms with E-state index >= 15 is 0 Å². The van der Waals surface area contributed by atoms with Crippen LogP contribution >= 0.6 is 11.6 Å². The molecular formula is C30H21ClF2N2O3. The van der Waals surface area contributed by atoms with Crippen molar-refractivity contribution in [3.63, 3.8) is 0 Å². The maximum atomic E-state index is 14.0. The maximum absolute atomic E-state index is 14.0. The standard InChI is InChI=1S/C30H21ClF2N2O3/c31-24-3-1-2-19(12-24)17-35-11-10-22-13-23(21-8-9-26(32)27(33)15-21)14-25(28(22)35)29(36)34-16-18-4-6-20(7-5-18)30(37)38/h1-15H,16-17H2,(H,34,36)(H,37,38). The van der Waals surface area contributed by atoms with Crippen LogP contribution in [0.15, 0.2) is 91.1 Å². The molecule has 0 fully saturated rings. The van der Waals surface area contributed by atoms with E-state index in [1.54, 1.807) is 24.3 Å². The van der Waals surface area contributed by atoms with E-state index in [1.165, 1.54) is 18.2 Å². The van der Waals surface area contributed by atoms with Crippen molar-refractivity contribution in [2.45, 2.75) is 13.1 Å². The third-order valence-corrected chi connectivity index (χ3v) is 6.49. The third kappa shape index (κ3) is 5.28. The fourth-order valence-corrected chi connectivity index (χ4v) is 4.58. The SMILES string of the molecule is O=C(O)c1ccc(CNC(=O)c2cc(-c3ccc(F)c(F)c3)cc3ccn(Cc4cccc(Cl)c4)c23)cc1. The van der Waals surface area contributed by atoms with Gasteiger partial charge >= 0.3 is 5.97 Å². The molecule has 0 bridgehead atoms. The summed E-state index contributed by atoms with van der Waals surface area (Å²) in [6.07, 6.45) is 1.86. The third-order valence-electron chi connectivity index (χ3n) is 6.25. The number of carbonyl (C=O) groups excluding carboxylic acids is 1. The number of halogens is 3. The van der Waals surface area contributed by atoms with Gasteiger partial charge in [-0.1, -0.05) is 41.9 Å². The Morgan fingerprint density at radius 1 is 0.842 bits per heavy atom. The van der Waals surface area contributed by atoms with Gasteiger partial charge < -0.3 is 15.0 Å². The van der Waals surface area contributed by atoms with Crippen LogP contribution in [0.2, 0.25) is 5.02 Å². The number of carboxylic acids is 1. The normalized spacial score (nSPS) is 11.0. The van der Waals surface area contributed by atoms with Crippen LogP contribution in [-0.2, 0) is 13.1 Å². The Morgan fingerprint density at radius 2 is 1.63 bits per heavy atom. The Kier molecular flexibility index (Phi) is 6.94. The van der Waals surface area contributed by atoms with E-state index < -0.39 is 17.6 Å². The predicted molar refractivity (Wildman–Crippen MR) is 142 cm³/mol. The van der Waals surface area contributed by atoms with Crippen molar-refractivity contribution in [3.8, 4) is 11.1 Å². The molecule has 38 heavy (non-hydrogen) atoms. The Bertz CT molecular complexity index is 1680. The van der Waals surface area contributed by atoms with Crippen LogP contribution in [0.3, 0.4) is 0 Å². The molecule has 0 aliphatic carbocycles. The van der Waals surface area contributed by atoms with E-state index in [0.29, 0.717) is 33.8 Å². The summed E-state index contributed by atoms with van der Waals surface area (Å²) in [5.74, 6) is -3.32. The first kappa shape index (κ1) is 25.2. The summed E-state index contributed by atoms with van der Waals surface area (Å²) in [6.45, 7) is 0.635. The van der Waals surface area contributed by atoms with E-state index in [4.69, 9.17) is 16.7 Å². The van der Waals surface area contributed by atoms with Crippen LogP contribution in [0.1, 0.15) is 31.8 Å². The van der Waals surface area contributed by atoms with Gasteiger partial charge in [0.15, 0.2) is 11.6 Å². The number of carboxylic acid groups (broad SMARTS) is 1. The van der Waals surface area contributed by atoms with Crippen molar-refractivity contribution in [1.82, 2.24) is 9.88 Å². The molecule has 2 N–H and O–H groups in total. The van der Waals surface area contributed by atoms with Gasteiger partial charge in [0.25, 0.3) is 5.91 Å². The molecule has 0 spiro atoms. The van der Waals surface area contributed by atoms with Crippen molar-refractivity contribution in [3.05, 3.63) is 130 Å². The van der Waals surface area contributed by atoms with Gasteiger partial charge in [0.05, 0.1) is 16.6 Å². The smallest absolute Gasteiger partial charge is 0.335 e. The second-order valence-electron chi connectivity index (χ2n) is 8.85. The minimum Gasteiger partial charge on any atom is -0.478 e. The van der Waals surface area contributed by atoms with Crippen LogP contribution in [0.25, 0.3) is 22.0 Å². The molecule has 0 aliphatic heterocycles. The second kappa shape index (κ2) is 10.5. The summed E-state index contributed by atoms with van der Waals surface area (Å²) in [6, 6.07) is 22.6. The van der Waals surface area contributed by atoms with Gasteiger partial charge in [-0.3, -0.25) is 4.79 Å². The largest absolute Gasteiger partial charge is 0.478 e. The van der Waals surface area contributed by atoms with Gasteiger partial charge in [0, 0.05) is 29.7 Å². The molecule has 1 heterocycles. The van der Waals surface area contributed by atoms with Crippen LogP contribution in [0.4, 0.5) is 8.78 Å². The van der Waals surface area contributed by atoms with Gasteiger partial charge in [-0.05, 0) is 76.9 Å². The summed E-state index contributed by atoms with van der Waals surface area (Å²) in [4.78, 5) is 24.6. The summed E-state index contributed by atoms with van der Waals surface area (Å²) >= 11 is 6.16. The lowest BCUT2D eigenvalue weighted by molar-refractivity contribution is 0.0696. The highest BCUT2D eigenvalue weighted by Crippen LogP contribution is 2.30. The second-order valence-corrected chi connectivity index (χ2v) is 9.29. The van der Waals surface area contributed by atoms with Crippen LogP contribution < -0.4 is 5.32 Å². The van der Waals surface area contributed by atoms with Crippen LogP contribution in [-0.4, -0.2) is 21.6 Å². The lowest BCUT2D eigenvalue weighted by Gasteiger charge is -2.13. The number of nitrogens with one attached hydrogen (secondary N) is 1. The highest BCUT2D eigenvalue weighted by molar-refractivity contribution is 6.30. The molecule has 5 aromatic rings. The lowest BCUT2D eigenvalue weighted by Crippen LogP contribution is -2.23. The molecule has 8 heteroatoms. The average molecular weight is 531 g/mol. The number of hydrogen-bond acceptors (Lipinski definition) is 2. The first-order chi connectivity index (χ1) is 18.3. The van der Waals surface area contributed by atoms with Gasteiger partial charge in [-0.15, -0.1) is 0 Å². The number of benzene rings is 4. The molecule has 0 aliphatic rings. The fourth-order valence-electron chi connectivity index (χ4n) is 4.37. The van der Waals surface area contributed by atoms with Crippen LogP contribution in [0, 0.1) is 11.6 Å². The summed E-state index contributed by atoms with van der Waals surface area (Å²) in [5.41, 5.74) is 3.86. The molecule has 0 radical (unpaired) electrons. The topological polar surface area (TPSA) is 71.3 Å². The Labute approximate surface area is 221 Å². The first-order valence-corrected chi connectivity index (χ1v) is 12.1. The number of fused-ring (bicyclic) bond motifs is 1. The molecule has 5 rings (SSSR count). The predicted octanol–water partition coefficient (Wildman–Crippen LogP) is 6.92. The van der Waals surface area contributed by atoms with Gasteiger partial charge in [0.2, 0.25) is 0 Å². The van der Waals surface area contributed by atoms with Crippen molar-refractivity contribution in [2.75, 3.05) is 0 Å². The van der Waals surface area contributed by atoms with Crippen LogP contribution in [0.5, 0.6) is 0 Å². The monoisotopic (exact) mass is 530 g/mol. The average Bonchev–Trinajstić information content (AvgIpc) is 3.31. The quantitative estimate of drug-likeness (QED) is 0.240. The molecule has 1 amide bonds. The zero-order valence-corrected chi connectivity index (χ0v) is 20.7. The van der Waals surface area contributed by atoms with Crippen molar-refractivity contribution < 1.29 is 23.5 Å². The van der Waals surface area contributed by atoms with E-state index in [1.807, 2.05) is 41.1 Å². The minimum absolute atomic E-state index is 0.153. The number of aromatic nitrogens is 1. The zero-order chi connectivity index (χ0) is 26.8. The number of aromatic carboxylic acids is 1. The summed E-state index contributed by atoms with van der Waals surface area (Å²) in [7, 11) is 0. The van der Waals surface area contributed by atoms with E-state index in [0.717, 1.165) is 28.6 Å². The molecule has 5 nitrogen and oxygen atoms in total. The molecular weight excluding hydrogens is 510 g/mol. The molecule has 0 saturated heterocycles. The summed E-state index contributed by atoms with van der Waals surface area (Å²) < 4.78 is 29.5. The summed E-state index contributed by atoms with van der Waals surface area (Å²) in [5, 5.41) is 13.3. The molecule has 1 aromatic heterocycles. The van der Waals surface area contributed by atoms with Crippen molar-refractivity contribution >= 4 is 34.4 Å². The van der Waals surface area contributed by atoms with Crippen molar-refractivity contribution in [1.29, 1.82) is 0 Å². The first-order valence-electron chi connectivity index (χ1n) is 11.7. The molecule has 0 saturated carbocycles.